The zero-order chi connectivity index (χ0) is 12.3. The molecule has 2 rings (SSSR count). The van der Waals surface area contributed by atoms with Crippen LogP contribution in [0.1, 0.15) is 12.8 Å². The maximum absolute atomic E-state index is 11.5. The van der Waals surface area contributed by atoms with Gasteiger partial charge in [0.05, 0.1) is 18.1 Å². The third-order valence-electron chi connectivity index (χ3n) is 2.46. The highest BCUT2D eigenvalue weighted by atomic mass is 16.4. The van der Waals surface area contributed by atoms with Crippen LogP contribution in [-0.2, 0) is 4.79 Å². The normalized spacial score (nSPS) is 16.0. The number of carboxylic acid groups (broad SMARTS) is 1. The van der Waals surface area contributed by atoms with Gasteiger partial charge in [0.2, 0.25) is 0 Å². The van der Waals surface area contributed by atoms with E-state index >= 15 is 0 Å². The lowest BCUT2D eigenvalue weighted by molar-refractivity contribution is -0.139. The van der Waals surface area contributed by atoms with Crippen molar-refractivity contribution < 1.29 is 14.7 Å². The Morgan fingerprint density at radius 1 is 1.35 bits per heavy atom. The molecule has 0 spiro atoms. The Balaban J connectivity index is 1.90. The second-order valence-electron chi connectivity index (χ2n) is 3.88. The van der Waals surface area contributed by atoms with Crippen molar-refractivity contribution in [1.29, 1.82) is 0 Å². The number of rotatable bonds is 4. The second kappa shape index (κ2) is 4.77. The first-order valence-corrected chi connectivity index (χ1v) is 5.22. The number of hydrogen-bond donors (Lipinski definition) is 3. The van der Waals surface area contributed by atoms with Gasteiger partial charge >= 0.3 is 12.0 Å². The molecule has 0 bridgehead atoms. The highest BCUT2D eigenvalue weighted by Gasteiger charge is 2.37. The maximum atomic E-state index is 11.5. The van der Waals surface area contributed by atoms with E-state index in [1.807, 2.05) is 0 Å². The van der Waals surface area contributed by atoms with Crippen LogP contribution in [0.2, 0.25) is 0 Å². The summed E-state index contributed by atoms with van der Waals surface area (Å²) in [5.74, 6) is -0.961. The van der Waals surface area contributed by atoms with Gasteiger partial charge in [0.15, 0.2) is 0 Å². The molecule has 1 aromatic heterocycles. The molecule has 1 fully saturated rings. The highest BCUT2D eigenvalue weighted by molar-refractivity contribution is 5.92. The van der Waals surface area contributed by atoms with Crippen LogP contribution in [0.3, 0.4) is 0 Å². The van der Waals surface area contributed by atoms with Gasteiger partial charge in [-0.25, -0.2) is 19.6 Å². The molecule has 17 heavy (non-hydrogen) atoms. The molecule has 1 atom stereocenters. The van der Waals surface area contributed by atoms with Crippen LogP contribution in [-0.4, -0.2) is 33.1 Å². The maximum Gasteiger partial charge on any atom is 0.326 e. The number of aliphatic carboxylic acids is 1. The van der Waals surface area contributed by atoms with E-state index in [0.29, 0.717) is 5.69 Å². The molecule has 1 aliphatic carbocycles. The van der Waals surface area contributed by atoms with Crippen molar-refractivity contribution in [2.24, 2.45) is 5.92 Å². The summed E-state index contributed by atoms with van der Waals surface area (Å²) in [6.07, 6.45) is 5.88. The highest BCUT2D eigenvalue weighted by Crippen LogP contribution is 2.32. The first-order valence-electron chi connectivity index (χ1n) is 5.22. The molecule has 0 saturated heterocycles. The molecule has 1 unspecified atom stereocenters. The Morgan fingerprint density at radius 3 is 2.53 bits per heavy atom. The van der Waals surface area contributed by atoms with Gasteiger partial charge in [-0.05, 0) is 18.8 Å². The quantitative estimate of drug-likeness (QED) is 0.704. The molecule has 2 amide bonds. The largest absolute Gasteiger partial charge is 0.480 e. The standard InChI is InChI=1S/C10H12N4O3/c15-9(16)8(6-1-2-6)14-10(17)13-7-3-11-5-12-4-7/h3-6,8H,1-2H2,(H,15,16)(H2,13,14,17). The molecular formula is C10H12N4O3. The van der Waals surface area contributed by atoms with E-state index in [0.717, 1.165) is 12.8 Å². The van der Waals surface area contributed by atoms with E-state index in [9.17, 15) is 9.59 Å². The van der Waals surface area contributed by atoms with Crippen LogP contribution in [0, 0.1) is 5.92 Å². The number of carbonyl (C=O) groups is 2. The van der Waals surface area contributed by atoms with Crippen LogP contribution in [0.5, 0.6) is 0 Å². The molecule has 1 heterocycles. The summed E-state index contributed by atoms with van der Waals surface area (Å²) in [7, 11) is 0. The third-order valence-corrected chi connectivity index (χ3v) is 2.46. The number of nitrogens with one attached hydrogen (secondary N) is 2. The van der Waals surface area contributed by atoms with E-state index < -0.39 is 18.0 Å². The summed E-state index contributed by atoms with van der Waals surface area (Å²) in [5, 5.41) is 13.8. The van der Waals surface area contributed by atoms with Gasteiger partial charge in [0.25, 0.3) is 0 Å². The molecule has 1 aromatic rings. The Bertz CT molecular complexity index is 419. The fourth-order valence-corrected chi connectivity index (χ4v) is 1.48. The van der Waals surface area contributed by atoms with Crippen LogP contribution in [0.15, 0.2) is 18.7 Å². The smallest absolute Gasteiger partial charge is 0.326 e. The van der Waals surface area contributed by atoms with Gasteiger partial charge in [-0.2, -0.15) is 0 Å². The third kappa shape index (κ3) is 3.13. The van der Waals surface area contributed by atoms with Crippen molar-refractivity contribution in [2.75, 3.05) is 5.32 Å². The minimum atomic E-state index is -1.01. The summed E-state index contributed by atoms with van der Waals surface area (Å²) < 4.78 is 0. The number of anilines is 1. The number of hydrogen-bond acceptors (Lipinski definition) is 4. The number of aromatic nitrogens is 2. The zero-order valence-electron chi connectivity index (χ0n) is 8.96. The van der Waals surface area contributed by atoms with Crippen molar-refractivity contribution >= 4 is 17.7 Å². The lowest BCUT2D eigenvalue weighted by atomic mass is 10.2. The molecule has 1 saturated carbocycles. The van der Waals surface area contributed by atoms with Crippen molar-refractivity contribution in [2.45, 2.75) is 18.9 Å². The second-order valence-corrected chi connectivity index (χ2v) is 3.88. The van der Waals surface area contributed by atoms with Crippen LogP contribution >= 0.6 is 0 Å². The Hall–Kier alpha value is -2.18. The fraction of sp³-hybridized carbons (Fsp3) is 0.400. The van der Waals surface area contributed by atoms with E-state index in [1.165, 1.54) is 18.7 Å². The molecule has 7 heteroatoms. The first-order chi connectivity index (χ1) is 8.16. The molecule has 0 aromatic carbocycles. The summed E-state index contributed by atoms with van der Waals surface area (Å²) in [6.45, 7) is 0. The number of carboxylic acids is 1. The molecular weight excluding hydrogens is 224 g/mol. The van der Waals surface area contributed by atoms with Crippen LogP contribution in [0.4, 0.5) is 10.5 Å². The lowest BCUT2D eigenvalue weighted by Crippen LogP contribution is -2.44. The van der Waals surface area contributed by atoms with Crippen molar-refractivity contribution in [3.8, 4) is 0 Å². The first kappa shape index (κ1) is 11.3. The van der Waals surface area contributed by atoms with E-state index in [4.69, 9.17) is 5.11 Å². The van der Waals surface area contributed by atoms with Gasteiger partial charge in [-0.3, -0.25) is 0 Å². The van der Waals surface area contributed by atoms with Crippen molar-refractivity contribution in [1.82, 2.24) is 15.3 Å². The number of amides is 2. The van der Waals surface area contributed by atoms with Gasteiger partial charge in [-0.1, -0.05) is 0 Å². The molecule has 1 aliphatic rings. The van der Waals surface area contributed by atoms with E-state index in [1.54, 1.807) is 0 Å². The van der Waals surface area contributed by atoms with Gasteiger partial charge in [0.1, 0.15) is 12.4 Å². The number of urea groups is 1. The summed E-state index contributed by atoms with van der Waals surface area (Å²) >= 11 is 0. The average Bonchev–Trinajstić information content (AvgIpc) is 3.11. The predicted molar refractivity (Wildman–Crippen MR) is 58.3 cm³/mol. The number of carbonyl (C=O) groups excluding carboxylic acids is 1. The number of nitrogens with zero attached hydrogens (tertiary/aromatic N) is 2. The Labute approximate surface area is 97.3 Å². The van der Waals surface area contributed by atoms with Crippen LogP contribution < -0.4 is 10.6 Å². The molecule has 3 N–H and O–H groups in total. The Morgan fingerprint density at radius 2 is 2.00 bits per heavy atom. The van der Waals surface area contributed by atoms with Gasteiger partial charge in [0, 0.05) is 0 Å². The molecule has 0 aliphatic heterocycles. The van der Waals surface area contributed by atoms with E-state index in [-0.39, 0.29) is 5.92 Å². The van der Waals surface area contributed by atoms with Crippen molar-refractivity contribution in [3.05, 3.63) is 18.7 Å². The predicted octanol–water partition coefficient (Wildman–Crippen LogP) is 0.461. The summed E-state index contributed by atoms with van der Waals surface area (Å²) in [4.78, 5) is 29.9. The van der Waals surface area contributed by atoms with E-state index in [2.05, 4.69) is 20.6 Å². The minimum Gasteiger partial charge on any atom is -0.480 e. The minimum absolute atomic E-state index is 0.0465. The molecule has 90 valence electrons. The summed E-state index contributed by atoms with van der Waals surface area (Å²) in [6, 6.07) is -1.38. The zero-order valence-corrected chi connectivity index (χ0v) is 8.96. The molecule has 7 nitrogen and oxygen atoms in total. The summed E-state index contributed by atoms with van der Waals surface area (Å²) in [5.41, 5.74) is 0.421. The molecule has 0 radical (unpaired) electrons. The fourth-order valence-electron chi connectivity index (χ4n) is 1.48. The van der Waals surface area contributed by atoms with Crippen LogP contribution in [0.25, 0.3) is 0 Å². The lowest BCUT2D eigenvalue weighted by Gasteiger charge is -2.13. The topological polar surface area (TPSA) is 104 Å². The van der Waals surface area contributed by atoms with Crippen molar-refractivity contribution in [3.63, 3.8) is 0 Å². The monoisotopic (exact) mass is 236 g/mol. The van der Waals surface area contributed by atoms with Gasteiger partial charge < -0.3 is 15.7 Å². The Kier molecular flexibility index (Phi) is 3.17. The SMILES string of the molecule is O=C(Nc1cncnc1)NC(C(=O)O)C1CC1. The van der Waals surface area contributed by atoms with Gasteiger partial charge in [-0.15, -0.1) is 0 Å². The average molecular weight is 236 g/mol.